The SMILES string of the molecule is CCc1cc2ncc(CN3CC/C(=C\c4ccc(C(=O)NC)nc4)C3C)cc2[nH]c1=O. The van der Waals surface area contributed by atoms with Gasteiger partial charge in [0.15, 0.2) is 0 Å². The van der Waals surface area contributed by atoms with Crippen LogP contribution in [0.15, 0.2) is 47.0 Å². The summed E-state index contributed by atoms with van der Waals surface area (Å²) in [5.74, 6) is -0.184. The van der Waals surface area contributed by atoms with E-state index < -0.39 is 0 Å². The first-order valence-electron chi connectivity index (χ1n) is 10.6. The van der Waals surface area contributed by atoms with Gasteiger partial charge in [0, 0.05) is 44.1 Å². The number of aromatic nitrogens is 3. The summed E-state index contributed by atoms with van der Waals surface area (Å²) in [7, 11) is 1.60. The van der Waals surface area contributed by atoms with Gasteiger partial charge in [0.1, 0.15) is 5.69 Å². The zero-order chi connectivity index (χ0) is 22.0. The Balaban J connectivity index is 1.49. The zero-order valence-electron chi connectivity index (χ0n) is 18.1. The van der Waals surface area contributed by atoms with Gasteiger partial charge in [-0.25, -0.2) is 0 Å². The third kappa shape index (κ3) is 4.41. The molecule has 3 aromatic heterocycles. The molecule has 0 aliphatic carbocycles. The summed E-state index contributed by atoms with van der Waals surface area (Å²) < 4.78 is 0. The van der Waals surface area contributed by atoms with Crippen molar-refractivity contribution in [2.45, 2.75) is 39.3 Å². The summed E-state index contributed by atoms with van der Waals surface area (Å²) in [6, 6.07) is 7.86. The van der Waals surface area contributed by atoms with Crippen LogP contribution < -0.4 is 10.9 Å². The summed E-state index contributed by atoms with van der Waals surface area (Å²) in [5, 5.41) is 2.58. The number of fused-ring (bicyclic) bond motifs is 1. The number of aromatic amines is 1. The van der Waals surface area contributed by atoms with Crippen molar-refractivity contribution < 1.29 is 4.79 Å². The molecule has 0 spiro atoms. The molecule has 1 amide bonds. The highest BCUT2D eigenvalue weighted by Crippen LogP contribution is 2.27. The molecule has 1 atom stereocenters. The summed E-state index contributed by atoms with van der Waals surface area (Å²) >= 11 is 0. The number of amides is 1. The molecule has 0 bridgehead atoms. The molecule has 1 aliphatic rings. The maximum Gasteiger partial charge on any atom is 0.269 e. The largest absolute Gasteiger partial charge is 0.354 e. The fourth-order valence-electron chi connectivity index (χ4n) is 4.04. The summed E-state index contributed by atoms with van der Waals surface area (Å²) in [4.78, 5) is 38.0. The number of carbonyl (C=O) groups is 1. The van der Waals surface area contributed by atoms with Crippen molar-refractivity contribution in [1.82, 2.24) is 25.2 Å². The minimum absolute atomic E-state index is 0.0373. The number of rotatable bonds is 5. The lowest BCUT2D eigenvalue weighted by molar-refractivity contribution is 0.0958. The smallest absolute Gasteiger partial charge is 0.269 e. The van der Waals surface area contributed by atoms with Crippen LogP contribution in [0.3, 0.4) is 0 Å². The maximum absolute atomic E-state index is 12.1. The van der Waals surface area contributed by atoms with Gasteiger partial charge in [0.05, 0.1) is 11.0 Å². The van der Waals surface area contributed by atoms with Crippen LogP contribution in [-0.2, 0) is 13.0 Å². The predicted octanol–water partition coefficient (Wildman–Crippen LogP) is 2.92. The van der Waals surface area contributed by atoms with Crippen LogP contribution in [0.5, 0.6) is 0 Å². The van der Waals surface area contributed by atoms with Gasteiger partial charge in [-0.1, -0.05) is 24.6 Å². The van der Waals surface area contributed by atoms with Gasteiger partial charge in [-0.2, -0.15) is 0 Å². The van der Waals surface area contributed by atoms with E-state index in [4.69, 9.17) is 0 Å². The third-order valence-corrected chi connectivity index (χ3v) is 5.96. The van der Waals surface area contributed by atoms with Gasteiger partial charge >= 0.3 is 0 Å². The molecule has 3 aromatic rings. The number of hydrogen-bond acceptors (Lipinski definition) is 5. The van der Waals surface area contributed by atoms with E-state index in [1.54, 1.807) is 19.3 Å². The molecule has 2 N–H and O–H groups in total. The molecule has 7 nitrogen and oxygen atoms in total. The van der Waals surface area contributed by atoms with E-state index in [-0.39, 0.29) is 17.5 Å². The van der Waals surface area contributed by atoms with Crippen LogP contribution in [0.4, 0.5) is 0 Å². The Hall–Kier alpha value is -3.32. The average Bonchev–Trinajstić information content (AvgIpc) is 3.12. The molecule has 0 saturated carbocycles. The van der Waals surface area contributed by atoms with Crippen molar-refractivity contribution >= 4 is 23.0 Å². The van der Waals surface area contributed by atoms with E-state index >= 15 is 0 Å². The van der Waals surface area contributed by atoms with E-state index in [0.29, 0.717) is 12.1 Å². The first kappa shape index (κ1) is 20.9. The number of aryl methyl sites for hydroxylation is 1. The lowest BCUT2D eigenvalue weighted by Gasteiger charge is -2.21. The number of H-pyrrole nitrogens is 1. The molecule has 4 rings (SSSR count). The molecule has 31 heavy (non-hydrogen) atoms. The molecule has 7 heteroatoms. The van der Waals surface area contributed by atoms with Gasteiger partial charge in [-0.05, 0) is 49.1 Å². The third-order valence-electron chi connectivity index (χ3n) is 5.96. The molecule has 1 unspecified atom stereocenters. The van der Waals surface area contributed by atoms with E-state index in [0.717, 1.165) is 47.2 Å². The first-order chi connectivity index (χ1) is 15.0. The predicted molar refractivity (Wildman–Crippen MR) is 122 cm³/mol. The second-order valence-corrected chi connectivity index (χ2v) is 7.93. The van der Waals surface area contributed by atoms with Crippen LogP contribution >= 0.6 is 0 Å². The lowest BCUT2D eigenvalue weighted by Crippen LogP contribution is -2.27. The van der Waals surface area contributed by atoms with Gasteiger partial charge in [-0.15, -0.1) is 0 Å². The molecule has 0 aromatic carbocycles. The number of likely N-dealkylation sites (tertiary alicyclic amines) is 1. The Labute approximate surface area is 181 Å². The quantitative estimate of drug-likeness (QED) is 0.666. The Morgan fingerprint density at radius 3 is 2.84 bits per heavy atom. The molecule has 1 aliphatic heterocycles. The number of nitrogens with zero attached hydrogens (tertiary/aromatic N) is 3. The summed E-state index contributed by atoms with van der Waals surface area (Å²) in [5.41, 5.74) is 6.15. The minimum Gasteiger partial charge on any atom is -0.354 e. The Morgan fingerprint density at radius 2 is 2.13 bits per heavy atom. The van der Waals surface area contributed by atoms with Gasteiger partial charge in [0.25, 0.3) is 11.5 Å². The highest BCUT2D eigenvalue weighted by atomic mass is 16.1. The van der Waals surface area contributed by atoms with Crippen molar-refractivity contribution in [3.8, 4) is 0 Å². The van der Waals surface area contributed by atoms with Crippen molar-refractivity contribution in [2.75, 3.05) is 13.6 Å². The maximum atomic E-state index is 12.1. The Kier molecular flexibility index (Phi) is 5.95. The second-order valence-electron chi connectivity index (χ2n) is 7.93. The van der Waals surface area contributed by atoms with Crippen molar-refractivity contribution in [3.05, 3.63) is 75.0 Å². The Morgan fingerprint density at radius 1 is 1.29 bits per heavy atom. The van der Waals surface area contributed by atoms with Gasteiger partial charge in [-0.3, -0.25) is 24.5 Å². The number of hydrogen-bond donors (Lipinski definition) is 2. The molecule has 0 radical (unpaired) electrons. The summed E-state index contributed by atoms with van der Waals surface area (Å²) in [6.45, 7) is 5.90. The second kappa shape index (κ2) is 8.81. The highest BCUT2D eigenvalue weighted by Gasteiger charge is 2.25. The number of carbonyl (C=O) groups excluding carboxylic acids is 1. The molecule has 160 valence electrons. The van der Waals surface area contributed by atoms with Crippen molar-refractivity contribution in [3.63, 3.8) is 0 Å². The minimum atomic E-state index is -0.184. The monoisotopic (exact) mass is 417 g/mol. The van der Waals surface area contributed by atoms with Gasteiger partial charge < -0.3 is 10.3 Å². The zero-order valence-corrected chi connectivity index (χ0v) is 18.1. The van der Waals surface area contributed by atoms with Gasteiger partial charge in [0.2, 0.25) is 0 Å². The van der Waals surface area contributed by atoms with Crippen molar-refractivity contribution in [1.29, 1.82) is 0 Å². The topological polar surface area (TPSA) is 91.0 Å². The fourth-order valence-corrected chi connectivity index (χ4v) is 4.04. The van der Waals surface area contributed by atoms with Crippen LogP contribution in [0.25, 0.3) is 17.1 Å². The van der Waals surface area contributed by atoms with Crippen LogP contribution in [0.1, 0.15) is 47.4 Å². The van der Waals surface area contributed by atoms with E-state index in [9.17, 15) is 9.59 Å². The lowest BCUT2D eigenvalue weighted by atomic mass is 10.1. The molecular formula is C24H27N5O2. The number of nitrogens with one attached hydrogen (secondary N) is 2. The Bertz CT molecular complexity index is 1200. The first-order valence-corrected chi connectivity index (χ1v) is 10.6. The van der Waals surface area contributed by atoms with Crippen molar-refractivity contribution in [2.24, 2.45) is 0 Å². The molecule has 1 saturated heterocycles. The summed E-state index contributed by atoms with van der Waals surface area (Å²) in [6.07, 6.45) is 7.47. The van der Waals surface area contributed by atoms with Crippen LogP contribution in [0.2, 0.25) is 0 Å². The fraction of sp³-hybridized carbons (Fsp3) is 0.333. The van der Waals surface area contributed by atoms with E-state index in [2.05, 4.69) is 38.2 Å². The molecular weight excluding hydrogens is 390 g/mol. The van der Waals surface area contributed by atoms with Crippen LogP contribution in [0, 0.1) is 0 Å². The normalized spacial score (nSPS) is 18.0. The highest BCUT2D eigenvalue weighted by molar-refractivity contribution is 5.92. The van der Waals surface area contributed by atoms with E-state index in [1.807, 2.05) is 31.3 Å². The standard InChI is InChI=1S/C24H27N5O2/c1-4-18-11-21-22(28-23(18)30)10-17(13-27-21)14-29-8-7-19(15(29)2)9-16-5-6-20(26-12-16)24(31)25-3/h5-6,9-13,15H,4,7-8,14H2,1-3H3,(H,25,31)(H,28,30)/b19-9+. The molecule has 4 heterocycles. The number of pyridine rings is 3. The van der Waals surface area contributed by atoms with Crippen LogP contribution in [-0.4, -0.2) is 45.4 Å². The molecule has 1 fully saturated rings. The average molecular weight is 418 g/mol. The van der Waals surface area contributed by atoms with E-state index in [1.165, 1.54) is 5.57 Å².